The molecule has 0 aromatic heterocycles. The third-order valence-corrected chi connectivity index (χ3v) is 7.96. The fourth-order valence-corrected chi connectivity index (χ4v) is 2.52. The predicted molar refractivity (Wildman–Crippen MR) is 69.5 cm³/mol. The molecule has 5 heteroatoms. The first-order chi connectivity index (χ1) is 7.16. The first kappa shape index (κ1) is 13.2. The van der Waals surface area contributed by atoms with Crippen LogP contribution in [0.3, 0.4) is 0 Å². The highest BCUT2D eigenvalue weighted by Gasteiger charge is 2.39. The number of halogens is 1. The van der Waals surface area contributed by atoms with Gasteiger partial charge < -0.3 is 0 Å². The number of non-ortho nitro benzene ring substituents is 1. The summed E-state index contributed by atoms with van der Waals surface area (Å²) in [6, 6.07) is 6.67. The zero-order chi connectivity index (χ0) is 12.6. The van der Waals surface area contributed by atoms with Gasteiger partial charge in [-0.1, -0.05) is 39.1 Å². The lowest BCUT2D eigenvalue weighted by molar-refractivity contribution is -0.384. The lowest BCUT2D eigenvalue weighted by Crippen LogP contribution is -2.42. The van der Waals surface area contributed by atoms with Gasteiger partial charge in [0.15, 0.2) is 7.38 Å². The van der Waals surface area contributed by atoms with E-state index in [2.05, 4.69) is 26.9 Å². The smallest absolute Gasteiger partial charge is 0.258 e. The van der Waals surface area contributed by atoms with E-state index in [1.165, 1.54) is 12.1 Å². The highest BCUT2D eigenvalue weighted by atomic mass is 35.6. The molecule has 1 aromatic carbocycles. The third-order valence-electron chi connectivity index (χ3n) is 3.29. The Labute approximate surface area is 101 Å². The van der Waals surface area contributed by atoms with E-state index in [1.54, 1.807) is 12.1 Å². The van der Waals surface area contributed by atoms with E-state index in [-0.39, 0.29) is 15.6 Å². The second kappa shape index (κ2) is 4.18. The van der Waals surface area contributed by atoms with Gasteiger partial charge in [-0.2, -0.15) is 11.1 Å². The Bertz CT molecular complexity index is 395. The molecule has 1 rings (SSSR count). The van der Waals surface area contributed by atoms with E-state index >= 15 is 0 Å². The van der Waals surface area contributed by atoms with Crippen LogP contribution in [0.15, 0.2) is 24.3 Å². The van der Waals surface area contributed by atoms with Gasteiger partial charge in [-0.25, -0.2) is 0 Å². The molecule has 0 heterocycles. The average Bonchev–Trinajstić information content (AvgIpc) is 2.16. The van der Waals surface area contributed by atoms with Crippen molar-refractivity contribution in [3.05, 3.63) is 39.9 Å². The maximum absolute atomic E-state index is 10.5. The first-order valence-corrected chi connectivity index (χ1v) is 9.11. The summed E-state index contributed by atoms with van der Waals surface area (Å²) in [5.74, 6) is 0. The van der Waals surface area contributed by atoms with E-state index in [9.17, 15) is 10.1 Å². The maximum Gasteiger partial charge on any atom is 0.269 e. The number of benzene rings is 1. The van der Waals surface area contributed by atoms with Crippen LogP contribution >= 0.6 is 11.1 Å². The van der Waals surface area contributed by atoms with Crippen LogP contribution < -0.4 is 0 Å². The van der Waals surface area contributed by atoms with Gasteiger partial charge in [0.1, 0.15) is 0 Å². The summed E-state index contributed by atoms with van der Waals surface area (Å²) in [4.78, 5) is 10.2. The van der Waals surface area contributed by atoms with Crippen LogP contribution in [0.25, 0.3) is 0 Å². The van der Waals surface area contributed by atoms with Crippen molar-refractivity contribution in [1.29, 1.82) is 0 Å². The van der Waals surface area contributed by atoms with Crippen LogP contribution in [0.5, 0.6) is 0 Å². The largest absolute Gasteiger partial charge is 0.269 e. The van der Waals surface area contributed by atoms with Crippen LogP contribution in [0.1, 0.15) is 19.4 Å². The van der Waals surface area contributed by atoms with Crippen LogP contribution in [-0.2, 0) is 5.04 Å². The van der Waals surface area contributed by atoms with Crippen LogP contribution in [0.2, 0.25) is 13.1 Å². The molecule has 0 spiro atoms. The lowest BCUT2D eigenvalue weighted by atomic mass is 10.0. The number of nitro benzene ring substituents is 1. The molecule has 0 atom stereocenters. The molecule has 3 nitrogen and oxygen atoms in total. The number of nitrogens with zero attached hydrogens (tertiary/aromatic N) is 1. The van der Waals surface area contributed by atoms with Gasteiger partial charge in [0.2, 0.25) is 0 Å². The Morgan fingerprint density at radius 1 is 1.25 bits per heavy atom. The molecule has 0 unspecified atom stereocenters. The Hall–Kier alpha value is -0.873. The summed E-state index contributed by atoms with van der Waals surface area (Å²) in [6.07, 6.45) is 0. The van der Waals surface area contributed by atoms with Crippen LogP contribution in [0.4, 0.5) is 5.69 Å². The number of hydrogen-bond donors (Lipinski definition) is 0. The summed E-state index contributed by atoms with van der Waals surface area (Å²) < 4.78 is 0. The molecule has 0 saturated heterocycles. The monoisotopic (exact) mass is 257 g/mol. The Kier molecular flexibility index (Phi) is 3.45. The van der Waals surface area contributed by atoms with Crippen LogP contribution in [0, 0.1) is 10.1 Å². The van der Waals surface area contributed by atoms with Gasteiger partial charge >= 0.3 is 0 Å². The first-order valence-electron chi connectivity index (χ1n) is 5.10. The normalized spacial score (nSPS) is 12.6. The van der Waals surface area contributed by atoms with Gasteiger partial charge in [0.25, 0.3) is 5.69 Å². The Morgan fingerprint density at radius 3 is 2.00 bits per heavy atom. The molecule has 0 aliphatic rings. The van der Waals surface area contributed by atoms with Gasteiger partial charge in [0.05, 0.1) is 4.92 Å². The molecule has 1 aromatic rings. The maximum atomic E-state index is 10.5. The van der Waals surface area contributed by atoms with Crippen molar-refractivity contribution in [2.75, 3.05) is 0 Å². The summed E-state index contributed by atoms with van der Waals surface area (Å²) in [5, 5.41) is 10.4. The molecule has 0 aliphatic heterocycles. The summed E-state index contributed by atoms with van der Waals surface area (Å²) in [5.41, 5.74) is 1.18. The molecular weight excluding hydrogens is 242 g/mol. The van der Waals surface area contributed by atoms with Crippen molar-refractivity contribution in [2.24, 2.45) is 0 Å². The topological polar surface area (TPSA) is 43.1 Å². The van der Waals surface area contributed by atoms with Crippen molar-refractivity contribution in [3.8, 4) is 0 Å². The fraction of sp³-hybridized carbons (Fsp3) is 0.455. The van der Waals surface area contributed by atoms with E-state index in [1.807, 2.05) is 0 Å². The number of rotatable bonds is 3. The van der Waals surface area contributed by atoms with Crippen LogP contribution in [-0.4, -0.2) is 12.3 Å². The molecule has 88 valence electrons. The zero-order valence-corrected chi connectivity index (χ0v) is 11.7. The van der Waals surface area contributed by atoms with E-state index in [0.717, 1.165) is 5.56 Å². The fourth-order valence-electron chi connectivity index (χ4n) is 1.34. The minimum absolute atomic E-state index is 0.107. The summed E-state index contributed by atoms with van der Waals surface area (Å²) in [7, 11) is -1.87. The highest BCUT2D eigenvalue weighted by Crippen LogP contribution is 2.36. The predicted octanol–water partition coefficient (Wildman–Crippen LogP) is 3.86. The van der Waals surface area contributed by atoms with E-state index < -0.39 is 7.38 Å². The molecule has 0 fully saturated rings. The summed E-state index contributed by atoms with van der Waals surface area (Å²) >= 11 is 6.47. The molecule has 0 N–H and O–H groups in total. The number of nitro groups is 1. The highest BCUT2D eigenvalue weighted by molar-refractivity contribution is 7.20. The molecule has 0 saturated carbocycles. The average molecular weight is 258 g/mol. The second-order valence-corrected chi connectivity index (χ2v) is 11.9. The van der Waals surface area contributed by atoms with E-state index in [0.29, 0.717) is 0 Å². The van der Waals surface area contributed by atoms with Crippen molar-refractivity contribution in [2.45, 2.75) is 32.0 Å². The Morgan fingerprint density at radius 2 is 1.69 bits per heavy atom. The quantitative estimate of drug-likeness (QED) is 0.357. The molecule has 0 amide bonds. The van der Waals surface area contributed by atoms with Crippen molar-refractivity contribution >= 4 is 24.2 Å². The molecule has 0 radical (unpaired) electrons. The molecule has 0 bridgehead atoms. The third kappa shape index (κ3) is 2.44. The molecule has 0 aliphatic carbocycles. The van der Waals surface area contributed by atoms with Gasteiger partial charge in [-0.05, 0) is 10.6 Å². The zero-order valence-electron chi connectivity index (χ0n) is 9.95. The lowest BCUT2D eigenvalue weighted by Gasteiger charge is -2.35. The minimum Gasteiger partial charge on any atom is -0.258 e. The van der Waals surface area contributed by atoms with Gasteiger partial charge in [0, 0.05) is 12.1 Å². The van der Waals surface area contributed by atoms with Crippen molar-refractivity contribution in [1.82, 2.24) is 0 Å². The Balaban J connectivity index is 3.11. The minimum atomic E-state index is -1.87. The van der Waals surface area contributed by atoms with Crippen molar-refractivity contribution < 1.29 is 4.92 Å². The molecule has 16 heavy (non-hydrogen) atoms. The SMILES string of the molecule is CC(C)(c1ccc([N+](=O)[O-])cc1)[Si](C)(C)Cl. The van der Waals surface area contributed by atoms with Gasteiger partial charge in [-0.3, -0.25) is 10.1 Å². The number of hydrogen-bond acceptors (Lipinski definition) is 2. The summed E-state index contributed by atoms with van der Waals surface area (Å²) in [6.45, 7) is 8.34. The standard InChI is InChI=1S/C11H16ClNO2Si/c1-11(2,16(3,4)12)9-5-7-10(8-6-9)13(14)15/h5-8H,1-4H3. The molecular formula is C11H16ClNO2Si. The van der Waals surface area contributed by atoms with Gasteiger partial charge in [-0.15, -0.1) is 0 Å². The van der Waals surface area contributed by atoms with Crippen molar-refractivity contribution in [3.63, 3.8) is 0 Å². The second-order valence-electron chi connectivity index (χ2n) is 4.90. The van der Waals surface area contributed by atoms with E-state index in [4.69, 9.17) is 11.1 Å².